The second-order valence-corrected chi connectivity index (χ2v) is 3.81. The molecule has 0 spiro atoms. The Kier molecular flexibility index (Phi) is 2.84. The molecule has 1 aromatic rings. The van der Waals surface area contributed by atoms with Gasteiger partial charge in [-0.1, -0.05) is 0 Å². The lowest BCUT2D eigenvalue weighted by Crippen LogP contribution is -2.49. The minimum absolute atomic E-state index is 0.463. The van der Waals surface area contributed by atoms with Crippen LogP contribution >= 0.6 is 0 Å². The van der Waals surface area contributed by atoms with Crippen molar-refractivity contribution in [2.24, 2.45) is 0 Å². The van der Waals surface area contributed by atoms with Crippen molar-refractivity contribution >= 4 is 5.69 Å². The molecule has 1 atom stereocenters. The standard InChI is InChI=1S/C11H14N4/c1-9-8-15(5-4-14-9)11-7-13-3-2-10(11)6-12/h2-3,7,9,14H,4-5,8H2,1H3. The molecular weight excluding hydrogens is 188 g/mol. The third-order valence-electron chi connectivity index (χ3n) is 2.63. The van der Waals surface area contributed by atoms with E-state index in [1.165, 1.54) is 0 Å². The summed E-state index contributed by atoms with van der Waals surface area (Å²) >= 11 is 0. The highest BCUT2D eigenvalue weighted by atomic mass is 15.2. The highest BCUT2D eigenvalue weighted by Gasteiger charge is 2.18. The lowest BCUT2D eigenvalue weighted by Gasteiger charge is -2.33. The molecule has 4 nitrogen and oxygen atoms in total. The highest BCUT2D eigenvalue weighted by molar-refractivity contribution is 5.57. The van der Waals surface area contributed by atoms with Gasteiger partial charge in [-0.2, -0.15) is 5.26 Å². The lowest BCUT2D eigenvalue weighted by molar-refractivity contribution is 0.484. The number of rotatable bonds is 1. The molecule has 1 aliphatic rings. The van der Waals surface area contributed by atoms with E-state index in [2.05, 4.69) is 28.2 Å². The summed E-state index contributed by atoms with van der Waals surface area (Å²) in [6, 6.07) is 4.43. The maximum atomic E-state index is 8.99. The Morgan fingerprint density at radius 3 is 3.27 bits per heavy atom. The fourth-order valence-electron chi connectivity index (χ4n) is 1.88. The van der Waals surface area contributed by atoms with Crippen molar-refractivity contribution in [3.63, 3.8) is 0 Å². The zero-order valence-electron chi connectivity index (χ0n) is 8.77. The molecule has 0 aliphatic carbocycles. The van der Waals surface area contributed by atoms with Crippen LogP contribution in [-0.2, 0) is 0 Å². The minimum Gasteiger partial charge on any atom is -0.366 e. The molecule has 1 aliphatic heterocycles. The molecule has 1 fully saturated rings. The number of nitriles is 1. The van der Waals surface area contributed by atoms with Gasteiger partial charge in [0, 0.05) is 31.9 Å². The van der Waals surface area contributed by atoms with E-state index >= 15 is 0 Å². The first kappa shape index (κ1) is 9.94. The highest BCUT2D eigenvalue weighted by Crippen LogP contribution is 2.19. The second kappa shape index (κ2) is 4.28. The molecule has 0 amide bonds. The normalized spacial score (nSPS) is 21.1. The number of hydrogen-bond acceptors (Lipinski definition) is 4. The molecule has 1 N–H and O–H groups in total. The Balaban J connectivity index is 2.25. The second-order valence-electron chi connectivity index (χ2n) is 3.81. The third-order valence-corrected chi connectivity index (χ3v) is 2.63. The van der Waals surface area contributed by atoms with Crippen molar-refractivity contribution in [1.29, 1.82) is 5.26 Å². The van der Waals surface area contributed by atoms with Gasteiger partial charge in [0.1, 0.15) is 6.07 Å². The minimum atomic E-state index is 0.463. The predicted molar refractivity (Wildman–Crippen MR) is 58.6 cm³/mol. The molecule has 2 rings (SSSR count). The van der Waals surface area contributed by atoms with Gasteiger partial charge in [0.05, 0.1) is 17.4 Å². The van der Waals surface area contributed by atoms with Crippen LogP contribution in [0.25, 0.3) is 0 Å². The van der Waals surface area contributed by atoms with Crippen molar-refractivity contribution in [1.82, 2.24) is 10.3 Å². The van der Waals surface area contributed by atoms with E-state index in [1.54, 1.807) is 18.5 Å². The van der Waals surface area contributed by atoms with Crippen LogP contribution in [0, 0.1) is 11.3 Å². The fraction of sp³-hybridized carbons (Fsp3) is 0.455. The first-order valence-corrected chi connectivity index (χ1v) is 5.13. The molecule has 1 unspecified atom stereocenters. The van der Waals surface area contributed by atoms with Crippen LogP contribution in [-0.4, -0.2) is 30.7 Å². The summed E-state index contributed by atoms with van der Waals surface area (Å²) in [6.07, 6.45) is 3.43. The van der Waals surface area contributed by atoms with Gasteiger partial charge in [-0.25, -0.2) is 0 Å². The number of aromatic nitrogens is 1. The van der Waals surface area contributed by atoms with E-state index in [1.807, 2.05) is 0 Å². The monoisotopic (exact) mass is 202 g/mol. The van der Waals surface area contributed by atoms with Crippen LogP contribution < -0.4 is 10.2 Å². The maximum absolute atomic E-state index is 8.99. The number of pyridine rings is 1. The van der Waals surface area contributed by atoms with Gasteiger partial charge in [-0.3, -0.25) is 4.98 Å². The predicted octanol–water partition coefficient (Wildman–Crippen LogP) is 0.751. The van der Waals surface area contributed by atoms with E-state index in [9.17, 15) is 0 Å². The smallest absolute Gasteiger partial charge is 0.101 e. The molecule has 0 aromatic carbocycles. The van der Waals surface area contributed by atoms with E-state index in [0.29, 0.717) is 11.6 Å². The Morgan fingerprint density at radius 1 is 1.67 bits per heavy atom. The maximum Gasteiger partial charge on any atom is 0.101 e. The molecular formula is C11H14N4. The van der Waals surface area contributed by atoms with Crippen LogP contribution in [0.2, 0.25) is 0 Å². The van der Waals surface area contributed by atoms with Crippen LogP contribution in [0.1, 0.15) is 12.5 Å². The van der Waals surface area contributed by atoms with E-state index < -0.39 is 0 Å². The molecule has 2 heterocycles. The average Bonchev–Trinajstić information content (AvgIpc) is 2.29. The summed E-state index contributed by atoms with van der Waals surface area (Å²) in [5.41, 5.74) is 1.66. The van der Waals surface area contributed by atoms with Gasteiger partial charge in [-0.05, 0) is 13.0 Å². The van der Waals surface area contributed by atoms with Crippen LogP contribution in [0.15, 0.2) is 18.5 Å². The van der Waals surface area contributed by atoms with Gasteiger partial charge >= 0.3 is 0 Å². The Labute approximate surface area is 89.5 Å². The molecule has 4 heteroatoms. The fourth-order valence-corrected chi connectivity index (χ4v) is 1.88. The number of piperazine rings is 1. The van der Waals surface area contributed by atoms with Crippen molar-refractivity contribution < 1.29 is 0 Å². The van der Waals surface area contributed by atoms with Crippen LogP contribution in [0.5, 0.6) is 0 Å². The van der Waals surface area contributed by atoms with Crippen molar-refractivity contribution in [2.45, 2.75) is 13.0 Å². The number of nitrogens with zero attached hydrogens (tertiary/aromatic N) is 3. The Hall–Kier alpha value is -1.60. The Bertz CT molecular complexity index is 382. The molecule has 15 heavy (non-hydrogen) atoms. The summed E-state index contributed by atoms with van der Waals surface area (Å²) < 4.78 is 0. The number of nitrogens with one attached hydrogen (secondary N) is 1. The summed E-state index contributed by atoms with van der Waals surface area (Å²) in [5, 5.41) is 12.4. The lowest BCUT2D eigenvalue weighted by atomic mass is 10.1. The van der Waals surface area contributed by atoms with Gasteiger partial charge in [-0.15, -0.1) is 0 Å². The summed E-state index contributed by atoms with van der Waals surface area (Å²) in [5.74, 6) is 0. The molecule has 0 radical (unpaired) electrons. The van der Waals surface area contributed by atoms with Gasteiger partial charge in [0.2, 0.25) is 0 Å². The summed E-state index contributed by atoms with van der Waals surface area (Å²) in [4.78, 5) is 6.30. The quantitative estimate of drug-likeness (QED) is 0.730. The van der Waals surface area contributed by atoms with E-state index in [4.69, 9.17) is 5.26 Å². The third kappa shape index (κ3) is 2.08. The average molecular weight is 202 g/mol. The van der Waals surface area contributed by atoms with Gasteiger partial charge < -0.3 is 10.2 Å². The van der Waals surface area contributed by atoms with Crippen molar-refractivity contribution in [3.05, 3.63) is 24.0 Å². The van der Waals surface area contributed by atoms with Crippen molar-refractivity contribution in [3.8, 4) is 6.07 Å². The van der Waals surface area contributed by atoms with Crippen LogP contribution in [0.4, 0.5) is 5.69 Å². The molecule has 1 saturated heterocycles. The first-order chi connectivity index (χ1) is 7.31. The SMILES string of the molecule is CC1CN(c2cnccc2C#N)CCN1. The first-order valence-electron chi connectivity index (χ1n) is 5.13. The van der Waals surface area contributed by atoms with E-state index in [-0.39, 0.29) is 0 Å². The van der Waals surface area contributed by atoms with E-state index in [0.717, 1.165) is 25.3 Å². The number of anilines is 1. The summed E-state index contributed by atoms with van der Waals surface area (Å²) in [7, 11) is 0. The zero-order valence-corrected chi connectivity index (χ0v) is 8.77. The van der Waals surface area contributed by atoms with Crippen molar-refractivity contribution in [2.75, 3.05) is 24.5 Å². The zero-order chi connectivity index (χ0) is 10.7. The molecule has 0 bridgehead atoms. The molecule has 78 valence electrons. The van der Waals surface area contributed by atoms with Gasteiger partial charge in [0.25, 0.3) is 0 Å². The largest absolute Gasteiger partial charge is 0.366 e. The van der Waals surface area contributed by atoms with Crippen LogP contribution in [0.3, 0.4) is 0 Å². The Morgan fingerprint density at radius 2 is 2.53 bits per heavy atom. The topological polar surface area (TPSA) is 52.0 Å². The molecule has 0 saturated carbocycles. The number of hydrogen-bond donors (Lipinski definition) is 1. The molecule has 1 aromatic heterocycles. The summed E-state index contributed by atoms with van der Waals surface area (Å²) in [6.45, 7) is 4.97. The van der Waals surface area contributed by atoms with Gasteiger partial charge in [0.15, 0.2) is 0 Å².